The molecule has 29 heavy (non-hydrogen) atoms. The molecule has 2 amide bonds. The lowest BCUT2D eigenvalue weighted by Gasteiger charge is -2.19. The van der Waals surface area contributed by atoms with Gasteiger partial charge in [-0.1, -0.05) is 29.8 Å². The molecule has 1 saturated heterocycles. The van der Waals surface area contributed by atoms with Crippen molar-refractivity contribution in [3.63, 3.8) is 0 Å². The summed E-state index contributed by atoms with van der Waals surface area (Å²) in [5, 5.41) is 2.74. The van der Waals surface area contributed by atoms with Gasteiger partial charge in [-0.3, -0.25) is 9.59 Å². The van der Waals surface area contributed by atoms with Crippen molar-refractivity contribution in [2.24, 2.45) is 0 Å². The zero-order valence-electron chi connectivity index (χ0n) is 16.8. The van der Waals surface area contributed by atoms with Crippen molar-refractivity contribution in [1.29, 1.82) is 0 Å². The van der Waals surface area contributed by atoms with E-state index in [0.29, 0.717) is 11.3 Å². The van der Waals surface area contributed by atoms with Crippen LogP contribution in [0, 0.1) is 13.8 Å². The average Bonchev–Trinajstić information content (AvgIpc) is 3.21. The average molecular weight is 415 g/mol. The first kappa shape index (κ1) is 21.0. The molecule has 3 rings (SSSR count). The number of carbonyl (C=O) groups excluding carboxylic acids is 2. The van der Waals surface area contributed by atoms with Crippen molar-refractivity contribution < 1.29 is 18.0 Å². The maximum absolute atomic E-state index is 12.9. The largest absolute Gasteiger partial charge is 0.339 e. The molecule has 2 aromatic rings. The summed E-state index contributed by atoms with van der Waals surface area (Å²) in [7, 11) is -3.55. The third kappa shape index (κ3) is 5.03. The Labute approximate surface area is 171 Å². The summed E-state index contributed by atoms with van der Waals surface area (Å²) in [4.78, 5) is 27.3. The van der Waals surface area contributed by atoms with Crippen LogP contribution >= 0.6 is 0 Å². The first-order valence-corrected chi connectivity index (χ1v) is 11.4. The summed E-state index contributed by atoms with van der Waals surface area (Å²) in [5.41, 5.74) is 2.66. The SMILES string of the molecule is Cc1ccc(S(=O)(=O)CCC(=O)Nc2cccc(C)c2C(=O)N2CCCC2)cc1. The topological polar surface area (TPSA) is 83.5 Å². The molecule has 1 fully saturated rings. The Balaban J connectivity index is 1.70. The van der Waals surface area contributed by atoms with Gasteiger partial charge in [-0.25, -0.2) is 8.42 Å². The first-order chi connectivity index (χ1) is 13.8. The summed E-state index contributed by atoms with van der Waals surface area (Å²) in [6.07, 6.45) is 1.79. The summed E-state index contributed by atoms with van der Waals surface area (Å²) in [6, 6.07) is 11.9. The second kappa shape index (κ2) is 8.78. The minimum atomic E-state index is -3.55. The summed E-state index contributed by atoms with van der Waals surface area (Å²) in [6.45, 7) is 5.15. The van der Waals surface area contributed by atoms with Gasteiger partial charge in [0.05, 0.1) is 21.9 Å². The van der Waals surface area contributed by atoms with Gasteiger partial charge in [0.25, 0.3) is 5.91 Å². The molecule has 154 valence electrons. The molecular formula is C22H26N2O4S. The highest BCUT2D eigenvalue weighted by Gasteiger charge is 2.24. The zero-order valence-corrected chi connectivity index (χ0v) is 17.6. The molecule has 1 aliphatic heterocycles. The highest BCUT2D eigenvalue weighted by molar-refractivity contribution is 7.91. The van der Waals surface area contributed by atoms with Gasteiger partial charge in [0, 0.05) is 19.5 Å². The number of rotatable bonds is 6. The van der Waals surface area contributed by atoms with Crippen LogP contribution in [0.15, 0.2) is 47.4 Å². The minimum Gasteiger partial charge on any atom is -0.339 e. The molecule has 6 nitrogen and oxygen atoms in total. The molecule has 1 aliphatic rings. The molecule has 0 saturated carbocycles. The van der Waals surface area contributed by atoms with E-state index in [1.54, 1.807) is 41.3 Å². The number of nitrogens with zero attached hydrogens (tertiary/aromatic N) is 1. The number of hydrogen-bond donors (Lipinski definition) is 1. The van der Waals surface area contributed by atoms with E-state index < -0.39 is 15.7 Å². The second-order valence-corrected chi connectivity index (χ2v) is 9.54. The fourth-order valence-corrected chi connectivity index (χ4v) is 4.68. The normalized spacial score (nSPS) is 14.1. The number of aryl methyl sites for hydroxylation is 2. The molecule has 7 heteroatoms. The highest BCUT2D eigenvalue weighted by atomic mass is 32.2. The summed E-state index contributed by atoms with van der Waals surface area (Å²) in [5.74, 6) is -0.812. The number of carbonyl (C=O) groups is 2. The summed E-state index contributed by atoms with van der Waals surface area (Å²) >= 11 is 0. The molecule has 0 bridgehead atoms. The quantitative estimate of drug-likeness (QED) is 0.786. The second-order valence-electron chi connectivity index (χ2n) is 7.43. The smallest absolute Gasteiger partial charge is 0.256 e. The van der Waals surface area contributed by atoms with E-state index in [1.807, 2.05) is 19.9 Å². The van der Waals surface area contributed by atoms with E-state index in [4.69, 9.17) is 0 Å². The van der Waals surface area contributed by atoms with E-state index in [0.717, 1.165) is 37.1 Å². The van der Waals surface area contributed by atoms with E-state index in [-0.39, 0.29) is 23.0 Å². The zero-order chi connectivity index (χ0) is 21.0. The molecule has 0 aliphatic carbocycles. The minimum absolute atomic E-state index is 0.0943. The number of benzene rings is 2. The van der Waals surface area contributed by atoms with E-state index in [1.165, 1.54) is 0 Å². The van der Waals surface area contributed by atoms with Gasteiger partial charge in [-0.15, -0.1) is 0 Å². The number of amides is 2. The Kier molecular flexibility index (Phi) is 6.37. The van der Waals surface area contributed by atoms with Gasteiger partial charge in [0.15, 0.2) is 9.84 Å². The predicted octanol–water partition coefficient (Wildman–Crippen LogP) is 3.34. The van der Waals surface area contributed by atoms with Gasteiger partial charge in [-0.05, 0) is 50.5 Å². The van der Waals surface area contributed by atoms with Gasteiger partial charge >= 0.3 is 0 Å². The Morgan fingerprint density at radius 2 is 1.66 bits per heavy atom. The lowest BCUT2D eigenvalue weighted by molar-refractivity contribution is -0.115. The van der Waals surface area contributed by atoms with E-state index in [2.05, 4.69) is 5.32 Å². The van der Waals surface area contributed by atoms with Crippen LogP contribution in [0.4, 0.5) is 5.69 Å². The van der Waals surface area contributed by atoms with Crippen LogP contribution in [0.2, 0.25) is 0 Å². The Morgan fingerprint density at radius 3 is 2.31 bits per heavy atom. The van der Waals surface area contributed by atoms with Gasteiger partial charge in [0.2, 0.25) is 5.91 Å². The molecule has 0 radical (unpaired) electrons. The molecular weight excluding hydrogens is 388 g/mol. The lowest BCUT2D eigenvalue weighted by atomic mass is 10.0. The van der Waals surface area contributed by atoms with Crippen LogP contribution in [0.25, 0.3) is 0 Å². The van der Waals surface area contributed by atoms with Crippen molar-refractivity contribution >= 4 is 27.3 Å². The maximum Gasteiger partial charge on any atom is 0.256 e. The number of likely N-dealkylation sites (tertiary alicyclic amines) is 1. The number of anilines is 1. The van der Waals surface area contributed by atoms with Crippen LogP contribution in [-0.4, -0.2) is 44.0 Å². The first-order valence-electron chi connectivity index (χ1n) is 9.76. The fourth-order valence-electron chi connectivity index (χ4n) is 3.44. The molecule has 1 N–H and O–H groups in total. The molecule has 0 spiro atoms. The van der Waals surface area contributed by atoms with Crippen molar-refractivity contribution in [1.82, 2.24) is 4.90 Å². The standard InChI is InChI=1S/C22H26N2O4S/c1-16-8-10-18(11-9-16)29(27,28)15-12-20(25)23-19-7-5-6-17(2)21(19)22(26)24-13-3-4-14-24/h5-11H,3-4,12-15H2,1-2H3,(H,23,25). The molecule has 2 aromatic carbocycles. The monoisotopic (exact) mass is 414 g/mol. The maximum atomic E-state index is 12.9. The van der Waals surface area contributed by atoms with E-state index >= 15 is 0 Å². The van der Waals surface area contributed by atoms with Gasteiger partial charge < -0.3 is 10.2 Å². The molecule has 1 heterocycles. The van der Waals surface area contributed by atoms with Crippen molar-refractivity contribution in [2.75, 3.05) is 24.2 Å². The van der Waals surface area contributed by atoms with Crippen molar-refractivity contribution in [3.05, 3.63) is 59.2 Å². The highest BCUT2D eigenvalue weighted by Crippen LogP contribution is 2.24. The van der Waals surface area contributed by atoms with Gasteiger partial charge in [0.1, 0.15) is 0 Å². The fraction of sp³-hybridized carbons (Fsp3) is 0.364. The Morgan fingerprint density at radius 1 is 1.00 bits per heavy atom. The Hall–Kier alpha value is -2.67. The van der Waals surface area contributed by atoms with Crippen LogP contribution in [0.1, 0.15) is 40.7 Å². The number of nitrogens with one attached hydrogen (secondary N) is 1. The molecule has 0 aromatic heterocycles. The lowest BCUT2D eigenvalue weighted by Crippen LogP contribution is -2.29. The summed E-state index contributed by atoms with van der Waals surface area (Å²) < 4.78 is 24.9. The Bertz CT molecular complexity index is 1010. The van der Waals surface area contributed by atoms with Crippen LogP contribution in [0.3, 0.4) is 0 Å². The van der Waals surface area contributed by atoms with E-state index in [9.17, 15) is 18.0 Å². The number of hydrogen-bond acceptors (Lipinski definition) is 4. The molecule has 0 unspecified atom stereocenters. The third-order valence-corrected chi connectivity index (χ3v) is 6.86. The predicted molar refractivity (Wildman–Crippen MR) is 113 cm³/mol. The van der Waals surface area contributed by atoms with Crippen molar-refractivity contribution in [3.8, 4) is 0 Å². The van der Waals surface area contributed by atoms with Gasteiger partial charge in [-0.2, -0.15) is 0 Å². The molecule has 0 atom stereocenters. The van der Waals surface area contributed by atoms with Crippen LogP contribution in [0.5, 0.6) is 0 Å². The van der Waals surface area contributed by atoms with Crippen molar-refractivity contribution in [2.45, 2.75) is 38.0 Å². The van der Waals surface area contributed by atoms with Crippen LogP contribution < -0.4 is 5.32 Å². The number of sulfone groups is 1. The van der Waals surface area contributed by atoms with Crippen LogP contribution in [-0.2, 0) is 14.6 Å². The third-order valence-electron chi connectivity index (χ3n) is 5.13.